The number of anilines is 1. The highest BCUT2D eigenvalue weighted by atomic mass is 16.1. The molecule has 92 valence electrons. The summed E-state index contributed by atoms with van der Waals surface area (Å²) in [5, 5.41) is 0. The molecule has 1 aromatic carbocycles. The molecule has 1 aliphatic heterocycles. The predicted octanol–water partition coefficient (Wildman–Crippen LogP) is 2.03. The van der Waals surface area contributed by atoms with Crippen molar-refractivity contribution in [3.05, 3.63) is 29.8 Å². The third-order valence-electron chi connectivity index (χ3n) is 3.63. The zero-order chi connectivity index (χ0) is 12.3. The molecule has 0 aromatic heterocycles. The van der Waals surface area contributed by atoms with Crippen LogP contribution in [-0.2, 0) is 0 Å². The van der Waals surface area contributed by atoms with Crippen LogP contribution in [0.1, 0.15) is 23.2 Å². The van der Waals surface area contributed by atoms with Gasteiger partial charge in [-0.3, -0.25) is 4.79 Å². The van der Waals surface area contributed by atoms with E-state index in [1.807, 2.05) is 24.3 Å². The molecule has 0 radical (unpaired) electrons. The van der Waals surface area contributed by atoms with Crippen molar-refractivity contribution in [2.45, 2.75) is 18.9 Å². The van der Waals surface area contributed by atoms with Crippen molar-refractivity contribution in [1.29, 1.82) is 0 Å². The lowest BCUT2D eigenvalue weighted by Crippen LogP contribution is -2.36. The molecule has 3 nitrogen and oxygen atoms in total. The molecular weight excluding hydrogens is 212 g/mol. The van der Waals surface area contributed by atoms with Crippen LogP contribution in [0.25, 0.3) is 0 Å². The molecule has 1 heterocycles. The number of likely N-dealkylation sites (tertiary alicyclic amines) is 1. The average Bonchev–Trinajstić information content (AvgIpc) is 2.75. The number of rotatable bonds is 4. The van der Waals surface area contributed by atoms with Crippen LogP contribution in [-0.4, -0.2) is 44.4 Å². The average molecular weight is 232 g/mol. The molecule has 3 heteroatoms. The van der Waals surface area contributed by atoms with Crippen molar-refractivity contribution in [3.8, 4) is 0 Å². The largest absolute Gasteiger partial charge is 0.373 e. The van der Waals surface area contributed by atoms with Gasteiger partial charge in [0.25, 0.3) is 0 Å². The first-order valence-electron chi connectivity index (χ1n) is 6.17. The van der Waals surface area contributed by atoms with Gasteiger partial charge in [-0.25, -0.2) is 0 Å². The second kappa shape index (κ2) is 5.32. The second-order valence-electron chi connectivity index (χ2n) is 4.87. The van der Waals surface area contributed by atoms with E-state index in [2.05, 4.69) is 23.9 Å². The molecule has 0 aliphatic carbocycles. The fourth-order valence-corrected chi connectivity index (χ4v) is 2.44. The van der Waals surface area contributed by atoms with Crippen molar-refractivity contribution < 1.29 is 4.79 Å². The van der Waals surface area contributed by atoms with Crippen molar-refractivity contribution in [3.63, 3.8) is 0 Å². The summed E-state index contributed by atoms with van der Waals surface area (Å²) >= 11 is 0. The van der Waals surface area contributed by atoms with Crippen LogP contribution in [0.15, 0.2) is 24.3 Å². The fraction of sp³-hybridized carbons (Fsp3) is 0.500. The van der Waals surface area contributed by atoms with E-state index in [9.17, 15) is 4.79 Å². The zero-order valence-electron chi connectivity index (χ0n) is 10.6. The predicted molar refractivity (Wildman–Crippen MR) is 70.8 cm³/mol. The third-order valence-corrected chi connectivity index (χ3v) is 3.63. The molecule has 0 bridgehead atoms. The lowest BCUT2D eigenvalue weighted by atomic mass is 10.2. The van der Waals surface area contributed by atoms with E-state index < -0.39 is 0 Å². The van der Waals surface area contributed by atoms with Crippen LogP contribution in [0.3, 0.4) is 0 Å². The number of benzene rings is 1. The molecular formula is C14H20N2O. The summed E-state index contributed by atoms with van der Waals surface area (Å²) in [6.07, 6.45) is 3.47. The van der Waals surface area contributed by atoms with Crippen molar-refractivity contribution in [2.75, 3.05) is 32.1 Å². The molecule has 1 fully saturated rings. The minimum absolute atomic E-state index is 0.658. The maximum absolute atomic E-state index is 10.6. The monoisotopic (exact) mass is 232 g/mol. The number of hydrogen-bond acceptors (Lipinski definition) is 3. The zero-order valence-corrected chi connectivity index (χ0v) is 10.6. The summed E-state index contributed by atoms with van der Waals surface area (Å²) in [5.74, 6) is 0. The number of aldehydes is 1. The number of nitrogens with zero attached hydrogens (tertiary/aromatic N) is 2. The van der Waals surface area contributed by atoms with Crippen LogP contribution in [0, 0.1) is 0 Å². The highest BCUT2D eigenvalue weighted by Gasteiger charge is 2.22. The molecule has 1 aliphatic rings. The van der Waals surface area contributed by atoms with Crippen molar-refractivity contribution in [1.82, 2.24) is 4.90 Å². The minimum atomic E-state index is 0.658. The smallest absolute Gasteiger partial charge is 0.150 e. The van der Waals surface area contributed by atoms with Crippen molar-refractivity contribution in [2.24, 2.45) is 0 Å². The molecule has 1 unspecified atom stereocenters. The van der Waals surface area contributed by atoms with Gasteiger partial charge in [-0.2, -0.15) is 0 Å². The van der Waals surface area contributed by atoms with Crippen LogP contribution in [0.2, 0.25) is 0 Å². The van der Waals surface area contributed by atoms with Crippen LogP contribution in [0.5, 0.6) is 0 Å². The van der Waals surface area contributed by atoms with Gasteiger partial charge in [0.1, 0.15) is 6.29 Å². The second-order valence-corrected chi connectivity index (χ2v) is 4.87. The van der Waals surface area contributed by atoms with Gasteiger partial charge in [0.2, 0.25) is 0 Å². The first kappa shape index (κ1) is 12.1. The molecule has 0 spiro atoms. The van der Waals surface area contributed by atoms with Gasteiger partial charge in [0.05, 0.1) is 0 Å². The maximum Gasteiger partial charge on any atom is 0.150 e. The quantitative estimate of drug-likeness (QED) is 0.742. The van der Waals surface area contributed by atoms with Crippen LogP contribution < -0.4 is 4.90 Å². The third kappa shape index (κ3) is 2.86. The highest BCUT2D eigenvalue weighted by Crippen LogP contribution is 2.19. The Hall–Kier alpha value is -1.35. The van der Waals surface area contributed by atoms with E-state index in [0.29, 0.717) is 6.04 Å². The van der Waals surface area contributed by atoms with Gasteiger partial charge >= 0.3 is 0 Å². The summed E-state index contributed by atoms with van der Waals surface area (Å²) in [5.41, 5.74) is 1.91. The van der Waals surface area contributed by atoms with E-state index >= 15 is 0 Å². The van der Waals surface area contributed by atoms with Crippen LogP contribution >= 0.6 is 0 Å². The Morgan fingerprint density at radius 3 is 2.65 bits per heavy atom. The molecule has 2 rings (SSSR count). The Morgan fingerprint density at radius 2 is 2.12 bits per heavy atom. The number of hydrogen-bond donors (Lipinski definition) is 0. The minimum Gasteiger partial charge on any atom is -0.373 e. The van der Waals surface area contributed by atoms with Gasteiger partial charge in [0, 0.05) is 30.9 Å². The molecule has 1 aromatic rings. The Bertz CT molecular complexity index is 374. The number of carbonyl (C=O) groups excluding carboxylic acids is 1. The maximum atomic E-state index is 10.6. The van der Waals surface area contributed by atoms with Gasteiger partial charge in [0.15, 0.2) is 0 Å². The molecule has 1 atom stereocenters. The molecule has 17 heavy (non-hydrogen) atoms. The molecule has 0 N–H and O–H groups in total. The summed E-state index contributed by atoms with van der Waals surface area (Å²) in [6.45, 7) is 2.26. The summed E-state index contributed by atoms with van der Waals surface area (Å²) in [6, 6.07) is 8.43. The Balaban J connectivity index is 1.98. The number of carbonyl (C=O) groups is 1. The van der Waals surface area contributed by atoms with E-state index in [1.54, 1.807) is 0 Å². The SMILES string of the molecule is CN(CC1CCCN1C)c1ccc(C=O)cc1. The lowest BCUT2D eigenvalue weighted by Gasteiger charge is -2.27. The fourth-order valence-electron chi connectivity index (χ4n) is 2.44. The summed E-state index contributed by atoms with van der Waals surface area (Å²) < 4.78 is 0. The Kier molecular flexibility index (Phi) is 3.79. The molecule has 0 saturated carbocycles. The Morgan fingerprint density at radius 1 is 1.41 bits per heavy atom. The topological polar surface area (TPSA) is 23.6 Å². The standard InChI is InChI=1S/C14H20N2O/c1-15-9-3-4-14(15)10-16(2)13-7-5-12(11-17)6-8-13/h5-8,11,14H,3-4,9-10H2,1-2H3. The van der Waals surface area contributed by atoms with Gasteiger partial charge in [-0.15, -0.1) is 0 Å². The van der Waals surface area contributed by atoms with Crippen molar-refractivity contribution >= 4 is 12.0 Å². The lowest BCUT2D eigenvalue weighted by molar-refractivity contribution is 0.112. The first-order valence-corrected chi connectivity index (χ1v) is 6.17. The van der Waals surface area contributed by atoms with E-state index in [-0.39, 0.29) is 0 Å². The normalized spacial score (nSPS) is 20.5. The molecule has 0 amide bonds. The van der Waals surface area contributed by atoms with Gasteiger partial charge in [-0.1, -0.05) is 0 Å². The first-order chi connectivity index (χ1) is 8.20. The van der Waals surface area contributed by atoms with Crippen LogP contribution in [0.4, 0.5) is 5.69 Å². The van der Waals surface area contributed by atoms with Gasteiger partial charge < -0.3 is 9.80 Å². The van der Waals surface area contributed by atoms with E-state index in [1.165, 1.54) is 25.1 Å². The van der Waals surface area contributed by atoms with E-state index in [4.69, 9.17) is 0 Å². The Labute approximate surface area is 103 Å². The van der Waals surface area contributed by atoms with E-state index in [0.717, 1.165) is 18.4 Å². The number of likely N-dealkylation sites (N-methyl/N-ethyl adjacent to an activating group) is 2. The summed E-state index contributed by atoms with van der Waals surface area (Å²) in [4.78, 5) is 15.3. The summed E-state index contributed by atoms with van der Waals surface area (Å²) in [7, 11) is 4.31. The van der Waals surface area contributed by atoms with Gasteiger partial charge in [-0.05, 0) is 50.7 Å². The highest BCUT2D eigenvalue weighted by molar-refractivity contribution is 5.75. The molecule has 1 saturated heterocycles.